The average molecular weight is 260 g/mol. The molecule has 100 valence electrons. The van der Waals surface area contributed by atoms with Crippen LogP contribution in [0.2, 0.25) is 0 Å². The molecule has 1 aliphatic heterocycles. The minimum Gasteiger partial charge on any atom is -0.394 e. The molecule has 0 saturated carbocycles. The summed E-state index contributed by atoms with van der Waals surface area (Å²) in [5, 5.41) is 10.1. The Balaban J connectivity index is 1.82. The summed E-state index contributed by atoms with van der Waals surface area (Å²) in [6.07, 6.45) is 1.59. The van der Waals surface area contributed by atoms with Gasteiger partial charge >= 0.3 is 0 Å². The number of carbonyl (C=O) groups excluding carboxylic acids is 1. The first-order valence-electron chi connectivity index (χ1n) is 6.37. The molecule has 0 aliphatic carbocycles. The minimum absolute atomic E-state index is 0.00940. The maximum atomic E-state index is 12.4. The summed E-state index contributed by atoms with van der Waals surface area (Å²) in [5.41, 5.74) is 1.69. The van der Waals surface area contributed by atoms with Crippen LogP contribution in [0.3, 0.4) is 0 Å². The maximum Gasteiger partial charge on any atom is 0.254 e. The van der Waals surface area contributed by atoms with Gasteiger partial charge in [-0.25, -0.2) is 0 Å². The number of aromatic amines is 1. The van der Waals surface area contributed by atoms with Gasteiger partial charge in [-0.05, 0) is 24.3 Å². The summed E-state index contributed by atoms with van der Waals surface area (Å²) in [4.78, 5) is 17.2. The SMILES string of the molecule is O=C(c1ccc2[nH]ccc2c1)N1CCOC(CO)C1. The third-order valence-corrected chi connectivity index (χ3v) is 3.43. The first-order chi connectivity index (χ1) is 9.28. The van der Waals surface area contributed by atoms with Crippen molar-refractivity contribution in [2.75, 3.05) is 26.3 Å². The number of aliphatic hydroxyl groups is 1. The molecule has 19 heavy (non-hydrogen) atoms. The monoisotopic (exact) mass is 260 g/mol. The van der Waals surface area contributed by atoms with Crippen LogP contribution in [-0.4, -0.2) is 53.3 Å². The van der Waals surface area contributed by atoms with Crippen molar-refractivity contribution >= 4 is 16.8 Å². The van der Waals surface area contributed by atoms with Crippen LogP contribution in [-0.2, 0) is 4.74 Å². The number of hydrogen-bond acceptors (Lipinski definition) is 3. The second-order valence-corrected chi connectivity index (χ2v) is 4.71. The second kappa shape index (κ2) is 5.03. The lowest BCUT2D eigenvalue weighted by molar-refractivity contribution is -0.0447. The molecule has 1 fully saturated rings. The third-order valence-electron chi connectivity index (χ3n) is 3.43. The molecular formula is C14H16N2O3. The highest BCUT2D eigenvalue weighted by Crippen LogP contribution is 2.17. The Morgan fingerprint density at radius 1 is 1.47 bits per heavy atom. The average Bonchev–Trinajstić information content (AvgIpc) is 2.94. The summed E-state index contributed by atoms with van der Waals surface area (Å²) in [6, 6.07) is 7.57. The smallest absolute Gasteiger partial charge is 0.254 e. The molecule has 1 atom stereocenters. The van der Waals surface area contributed by atoms with E-state index >= 15 is 0 Å². The topological polar surface area (TPSA) is 65.6 Å². The fourth-order valence-corrected chi connectivity index (χ4v) is 2.38. The fraction of sp³-hybridized carbons (Fsp3) is 0.357. The van der Waals surface area contributed by atoms with Gasteiger partial charge in [0.05, 0.1) is 19.3 Å². The lowest BCUT2D eigenvalue weighted by Crippen LogP contribution is -2.46. The largest absolute Gasteiger partial charge is 0.394 e. The lowest BCUT2D eigenvalue weighted by atomic mass is 10.1. The van der Waals surface area contributed by atoms with E-state index in [1.54, 1.807) is 4.90 Å². The van der Waals surface area contributed by atoms with E-state index in [9.17, 15) is 4.79 Å². The van der Waals surface area contributed by atoms with Crippen molar-refractivity contribution < 1.29 is 14.6 Å². The number of hydrogen-bond donors (Lipinski definition) is 2. The van der Waals surface area contributed by atoms with Gasteiger partial charge in [0.2, 0.25) is 0 Å². The Kier molecular flexibility index (Phi) is 3.23. The van der Waals surface area contributed by atoms with Crippen molar-refractivity contribution in [3.8, 4) is 0 Å². The normalized spacial score (nSPS) is 19.8. The summed E-state index contributed by atoms with van der Waals surface area (Å²) in [6.45, 7) is 1.44. The van der Waals surface area contributed by atoms with Crippen molar-refractivity contribution in [1.82, 2.24) is 9.88 Å². The second-order valence-electron chi connectivity index (χ2n) is 4.71. The zero-order chi connectivity index (χ0) is 13.2. The van der Waals surface area contributed by atoms with Crippen LogP contribution in [0.25, 0.3) is 10.9 Å². The molecule has 2 N–H and O–H groups in total. The molecule has 0 bridgehead atoms. The Morgan fingerprint density at radius 2 is 2.37 bits per heavy atom. The minimum atomic E-state index is -0.270. The van der Waals surface area contributed by atoms with Crippen LogP contribution in [0.15, 0.2) is 30.5 Å². The van der Waals surface area contributed by atoms with E-state index in [1.165, 1.54) is 0 Å². The molecule has 1 aromatic heterocycles. The number of nitrogens with one attached hydrogen (secondary N) is 1. The number of benzene rings is 1. The van der Waals surface area contributed by atoms with Gasteiger partial charge < -0.3 is 19.7 Å². The molecular weight excluding hydrogens is 244 g/mol. The quantitative estimate of drug-likeness (QED) is 0.846. The first-order valence-corrected chi connectivity index (χ1v) is 6.37. The van der Waals surface area contributed by atoms with Crippen LogP contribution < -0.4 is 0 Å². The van der Waals surface area contributed by atoms with Crippen molar-refractivity contribution in [2.45, 2.75) is 6.10 Å². The Hall–Kier alpha value is -1.85. The van der Waals surface area contributed by atoms with Crippen LogP contribution >= 0.6 is 0 Å². The van der Waals surface area contributed by atoms with E-state index in [2.05, 4.69) is 4.98 Å². The molecule has 5 nitrogen and oxygen atoms in total. The van der Waals surface area contributed by atoms with E-state index in [0.717, 1.165) is 10.9 Å². The highest BCUT2D eigenvalue weighted by atomic mass is 16.5. The Morgan fingerprint density at radius 3 is 3.21 bits per heavy atom. The van der Waals surface area contributed by atoms with Gasteiger partial charge in [0.25, 0.3) is 5.91 Å². The molecule has 1 unspecified atom stereocenters. The molecule has 0 radical (unpaired) electrons. The van der Waals surface area contributed by atoms with Gasteiger partial charge in [-0.2, -0.15) is 0 Å². The maximum absolute atomic E-state index is 12.4. The van der Waals surface area contributed by atoms with Gasteiger partial charge in [0.1, 0.15) is 0 Å². The van der Waals surface area contributed by atoms with E-state index in [-0.39, 0.29) is 18.6 Å². The predicted octanol–water partition coefficient (Wildman–Crippen LogP) is 1.00. The van der Waals surface area contributed by atoms with Crippen molar-refractivity contribution in [3.05, 3.63) is 36.0 Å². The van der Waals surface area contributed by atoms with Gasteiger partial charge in [-0.1, -0.05) is 0 Å². The van der Waals surface area contributed by atoms with Crippen LogP contribution in [0.5, 0.6) is 0 Å². The summed E-state index contributed by atoms with van der Waals surface area (Å²) < 4.78 is 5.35. The van der Waals surface area contributed by atoms with Crippen molar-refractivity contribution in [2.24, 2.45) is 0 Å². The third kappa shape index (κ3) is 2.34. The van der Waals surface area contributed by atoms with E-state index in [4.69, 9.17) is 9.84 Å². The van der Waals surface area contributed by atoms with Gasteiger partial charge in [-0.15, -0.1) is 0 Å². The molecule has 1 aliphatic rings. The van der Waals surface area contributed by atoms with Crippen molar-refractivity contribution in [1.29, 1.82) is 0 Å². The molecule has 1 saturated heterocycles. The zero-order valence-electron chi connectivity index (χ0n) is 10.5. The van der Waals surface area contributed by atoms with E-state index in [1.807, 2.05) is 30.5 Å². The molecule has 1 aromatic carbocycles. The number of carbonyl (C=O) groups is 1. The van der Waals surface area contributed by atoms with E-state index < -0.39 is 0 Å². The molecule has 2 aromatic rings. The van der Waals surface area contributed by atoms with Crippen LogP contribution in [0.1, 0.15) is 10.4 Å². The number of aliphatic hydroxyl groups excluding tert-OH is 1. The number of morpholine rings is 1. The summed E-state index contributed by atoms with van der Waals surface area (Å²) >= 11 is 0. The lowest BCUT2D eigenvalue weighted by Gasteiger charge is -2.32. The molecule has 5 heteroatoms. The summed E-state index contributed by atoms with van der Waals surface area (Å²) in [7, 11) is 0. The Labute approximate surface area is 110 Å². The van der Waals surface area contributed by atoms with Crippen LogP contribution in [0.4, 0.5) is 0 Å². The number of amides is 1. The number of nitrogens with zero attached hydrogens (tertiary/aromatic N) is 1. The molecule has 0 spiro atoms. The van der Waals surface area contributed by atoms with E-state index in [0.29, 0.717) is 25.3 Å². The zero-order valence-corrected chi connectivity index (χ0v) is 10.5. The number of aromatic nitrogens is 1. The van der Waals surface area contributed by atoms with Crippen LogP contribution in [0, 0.1) is 0 Å². The summed E-state index contributed by atoms with van der Waals surface area (Å²) in [5.74, 6) is -0.00940. The fourth-order valence-electron chi connectivity index (χ4n) is 2.38. The highest BCUT2D eigenvalue weighted by molar-refractivity contribution is 5.98. The molecule has 3 rings (SSSR count). The molecule has 2 heterocycles. The Bertz CT molecular complexity index is 593. The number of fused-ring (bicyclic) bond motifs is 1. The van der Waals surface area contributed by atoms with Gasteiger partial charge in [0, 0.05) is 35.8 Å². The van der Waals surface area contributed by atoms with Crippen molar-refractivity contribution in [3.63, 3.8) is 0 Å². The number of rotatable bonds is 2. The van der Waals surface area contributed by atoms with Gasteiger partial charge in [0.15, 0.2) is 0 Å². The number of ether oxygens (including phenoxy) is 1. The molecule has 1 amide bonds. The number of H-pyrrole nitrogens is 1. The highest BCUT2D eigenvalue weighted by Gasteiger charge is 2.24. The predicted molar refractivity (Wildman–Crippen MR) is 71.0 cm³/mol. The first kappa shape index (κ1) is 12.2. The van der Waals surface area contributed by atoms with Gasteiger partial charge in [-0.3, -0.25) is 4.79 Å². The standard InChI is InChI=1S/C14H16N2O3/c17-9-12-8-16(5-6-19-12)14(18)11-1-2-13-10(7-11)3-4-15-13/h1-4,7,12,15,17H,5-6,8-9H2.